The third-order valence-electron chi connectivity index (χ3n) is 6.15. The molecule has 0 radical (unpaired) electrons. The lowest BCUT2D eigenvalue weighted by Crippen LogP contribution is -2.49. The van der Waals surface area contributed by atoms with Crippen LogP contribution in [0.2, 0.25) is 0 Å². The average molecular weight is 319 g/mol. The van der Waals surface area contributed by atoms with Crippen LogP contribution in [0.25, 0.3) is 0 Å². The number of ketones is 1. The number of nitriles is 1. The third kappa shape index (κ3) is 2.01. The number of rotatable bonds is 1. The Hall–Kier alpha value is -1.40. The second kappa shape index (κ2) is 5.05. The van der Waals surface area contributed by atoms with Crippen LogP contribution in [0.4, 0.5) is 0 Å². The first-order valence-corrected chi connectivity index (χ1v) is 8.11. The molecule has 0 aromatic carbocycles. The Morgan fingerprint density at radius 2 is 2.35 bits per heavy atom. The Labute approximate surface area is 149 Å². The van der Waals surface area contributed by atoms with Crippen molar-refractivity contribution in [3.8, 4) is 6.07 Å². The molecule has 0 aromatic rings. The van der Waals surface area contributed by atoms with Crippen LogP contribution in [0.15, 0.2) is 22.8 Å². The van der Waals surface area contributed by atoms with Crippen LogP contribution in [-0.4, -0.2) is 16.5 Å². The van der Waals surface area contributed by atoms with E-state index in [1.54, 1.807) is 6.92 Å². The normalized spacial score (nSPS) is 56.2. The molecule has 0 bridgehead atoms. The fourth-order valence-electron chi connectivity index (χ4n) is 4.78. The van der Waals surface area contributed by atoms with E-state index in [0.717, 1.165) is 0 Å². The molecule has 0 saturated heterocycles. The van der Waals surface area contributed by atoms with Gasteiger partial charge in [0.2, 0.25) is 0 Å². The van der Waals surface area contributed by atoms with Crippen LogP contribution >= 0.6 is 0 Å². The summed E-state index contributed by atoms with van der Waals surface area (Å²) in [7, 11) is 0. The van der Waals surface area contributed by atoms with Gasteiger partial charge in [0.15, 0.2) is 5.78 Å². The van der Waals surface area contributed by atoms with E-state index in [1.807, 2.05) is 0 Å². The van der Waals surface area contributed by atoms with Gasteiger partial charge in [-0.3, -0.25) is 4.79 Å². The lowest BCUT2D eigenvalue weighted by atomic mass is 9.54. The summed E-state index contributed by atoms with van der Waals surface area (Å²) in [6.07, 6.45) is -7.54. The number of nitrogens with zero attached hydrogens (tertiary/aromatic N) is 1. The monoisotopic (exact) mass is 319 g/mol. The maximum atomic E-state index is 12.3. The van der Waals surface area contributed by atoms with Crippen molar-refractivity contribution >= 4 is 5.78 Å². The first kappa shape index (κ1) is 8.62. The van der Waals surface area contributed by atoms with Crippen molar-refractivity contribution in [2.24, 2.45) is 17.2 Å². The number of carbonyl (C=O) groups excluding carboxylic acids is 1. The van der Waals surface area contributed by atoms with Crippen LogP contribution in [0.3, 0.4) is 0 Å². The average Bonchev–Trinajstić information content (AvgIpc) is 2.91. The van der Waals surface area contributed by atoms with Gasteiger partial charge in [0.25, 0.3) is 0 Å². The zero-order valence-electron chi connectivity index (χ0n) is 21.1. The van der Waals surface area contributed by atoms with Crippen molar-refractivity contribution in [2.45, 2.75) is 70.2 Å². The molecule has 0 spiro atoms. The quantitative estimate of drug-likeness (QED) is 0.799. The fourth-order valence-corrected chi connectivity index (χ4v) is 4.78. The van der Waals surface area contributed by atoms with E-state index in [2.05, 4.69) is 0 Å². The molecule has 0 aromatic heterocycles. The molecule has 4 rings (SSSR count). The molecule has 1 N–H and O–H groups in total. The number of hydrogen-bond donors (Lipinski definition) is 1. The molecule has 2 fully saturated rings. The number of fused-ring (bicyclic) bond motifs is 4. The Morgan fingerprint density at radius 1 is 1.52 bits per heavy atom. The van der Waals surface area contributed by atoms with Gasteiger partial charge in [0.1, 0.15) is 0 Å². The highest BCUT2D eigenvalue weighted by Crippen LogP contribution is 2.64. The van der Waals surface area contributed by atoms with Crippen molar-refractivity contribution in [1.82, 2.24) is 0 Å². The standard InChI is InChI=1S/C20H25NO2/c1-19-8-6-16-15-5-3-14(22)12-13(15)2-4-17(16)18(19)7-9-20(19,23)10-11-21/h12,17-18,23H,2-10H2,1H3/t17-,18+,19+,20-/m1/s1/i3D2,6D2,10D2,12D,17D. The Morgan fingerprint density at radius 3 is 3.13 bits per heavy atom. The summed E-state index contributed by atoms with van der Waals surface area (Å²) < 4.78 is 67.6. The molecule has 122 valence electrons. The smallest absolute Gasteiger partial charge is 0.156 e. The molecule has 3 nitrogen and oxygen atoms in total. The molecule has 23 heavy (non-hydrogen) atoms. The highest BCUT2D eigenvalue weighted by molar-refractivity contribution is 5.93. The van der Waals surface area contributed by atoms with Gasteiger partial charge in [-0.2, -0.15) is 5.26 Å². The van der Waals surface area contributed by atoms with Gasteiger partial charge >= 0.3 is 0 Å². The summed E-state index contributed by atoms with van der Waals surface area (Å²) in [6, 6.07) is 1.06. The van der Waals surface area contributed by atoms with E-state index < -0.39 is 60.2 Å². The predicted molar refractivity (Wildman–Crippen MR) is 87.3 cm³/mol. The van der Waals surface area contributed by atoms with Gasteiger partial charge in [-0.15, -0.1) is 0 Å². The molecule has 0 heterocycles. The van der Waals surface area contributed by atoms with Crippen molar-refractivity contribution in [3.63, 3.8) is 0 Å². The molecule has 4 atom stereocenters. The minimum Gasteiger partial charge on any atom is -0.388 e. The molecule has 2 saturated carbocycles. The lowest BCUT2D eigenvalue weighted by molar-refractivity contribution is -0.114. The van der Waals surface area contributed by atoms with Gasteiger partial charge in [-0.25, -0.2) is 0 Å². The Bertz CT molecular complexity index is 996. The first-order valence-electron chi connectivity index (χ1n) is 12.1. The Kier molecular flexibility index (Phi) is 1.89. The van der Waals surface area contributed by atoms with Crippen molar-refractivity contribution < 1.29 is 20.9 Å². The van der Waals surface area contributed by atoms with E-state index in [4.69, 9.17) is 9.60 Å². The van der Waals surface area contributed by atoms with Gasteiger partial charge in [0.05, 0.1) is 19.4 Å². The van der Waals surface area contributed by atoms with Crippen LogP contribution in [0.1, 0.15) is 75.5 Å². The molecule has 0 amide bonds. The first-order chi connectivity index (χ1) is 14.0. The summed E-state index contributed by atoms with van der Waals surface area (Å²) in [4.78, 5) is 12.3. The van der Waals surface area contributed by atoms with E-state index in [1.165, 1.54) is 6.07 Å². The number of aliphatic hydroxyl groups is 1. The van der Waals surface area contributed by atoms with Gasteiger partial charge in [-0.05, 0) is 73.9 Å². The van der Waals surface area contributed by atoms with Crippen molar-refractivity contribution in [3.05, 3.63) is 22.8 Å². The highest BCUT2D eigenvalue weighted by Gasteiger charge is 2.60. The number of hydrogen-bond acceptors (Lipinski definition) is 3. The van der Waals surface area contributed by atoms with Crippen LogP contribution in [0.5, 0.6) is 0 Å². The fraction of sp³-hybridized carbons (Fsp3) is 0.700. The molecule has 0 unspecified atom stereocenters. The Balaban J connectivity index is 1.97. The highest BCUT2D eigenvalue weighted by atomic mass is 16.3. The third-order valence-corrected chi connectivity index (χ3v) is 6.15. The summed E-state index contributed by atoms with van der Waals surface area (Å²) in [6.45, 7) is 1.56. The molecule has 4 aliphatic carbocycles. The minimum absolute atomic E-state index is 0.0617. The van der Waals surface area contributed by atoms with E-state index in [9.17, 15) is 16.5 Å². The number of allylic oxidation sites excluding steroid dienone is 4. The van der Waals surface area contributed by atoms with E-state index >= 15 is 0 Å². The SMILES string of the molecule is [2H]C1=C2CC[C@]3([2H])C(=C2CC([2H])([2H])C1=O)C([2H])([2H])C[C@@]1(C)[C@H]3CC[C@@]1(O)C([2H])([2H])C#N. The van der Waals surface area contributed by atoms with E-state index in [0.29, 0.717) is 5.57 Å². The zero-order chi connectivity index (χ0) is 23.4. The summed E-state index contributed by atoms with van der Waals surface area (Å²) in [5.41, 5.74) is -2.94. The molecular formula is C20H25NO2. The second-order valence-electron chi connectivity index (χ2n) is 7.12. The van der Waals surface area contributed by atoms with Gasteiger partial charge in [0, 0.05) is 21.4 Å². The summed E-state index contributed by atoms with van der Waals surface area (Å²) in [5, 5.41) is 20.8. The molecule has 3 heteroatoms. The van der Waals surface area contributed by atoms with Crippen LogP contribution in [0, 0.1) is 28.6 Å². The lowest BCUT2D eigenvalue weighted by Gasteiger charge is -2.51. The van der Waals surface area contributed by atoms with Crippen LogP contribution < -0.4 is 0 Å². The predicted octanol–water partition coefficient (Wildman–Crippen LogP) is 3.84. The summed E-state index contributed by atoms with van der Waals surface area (Å²) in [5.74, 6) is -3.13. The topological polar surface area (TPSA) is 61.1 Å². The minimum atomic E-state index is -2.63. The largest absolute Gasteiger partial charge is 0.388 e. The van der Waals surface area contributed by atoms with E-state index in [-0.39, 0.29) is 43.3 Å². The molecular weight excluding hydrogens is 286 g/mol. The van der Waals surface area contributed by atoms with Gasteiger partial charge in [-0.1, -0.05) is 12.5 Å². The summed E-state index contributed by atoms with van der Waals surface area (Å²) >= 11 is 0. The molecule has 0 aliphatic heterocycles. The maximum absolute atomic E-state index is 12.3. The second-order valence-corrected chi connectivity index (χ2v) is 7.12. The molecule has 4 aliphatic rings. The van der Waals surface area contributed by atoms with Crippen molar-refractivity contribution in [2.75, 3.05) is 0 Å². The van der Waals surface area contributed by atoms with Gasteiger partial charge < -0.3 is 5.11 Å². The number of carbonyl (C=O) groups is 1. The zero-order valence-corrected chi connectivity index (χ0v) is 13.1. The van der Waals surface area contributed by atoms with Crippen molar-refractivity contribution in [1.29, 1.82) is 5.26 Å². The maximum Gasteiger partial charge on any atom is 0.156 e. The van der Waals surface area contributed by atoms with Crippen LogP contribution in [-0.2, 0) is 4.79 Å².